The SMILES string of the molecule is CC(C1CC1)N(C)C(=O)C(N)Cc1ccc(O)cc1. The van der Waals surface area contributed by atoms with Crippen LogP contribution in [0, 0.1) is 5.92 Å². The van der Waals surface area contributed by atoms with E-state index < -0.39 is 6.04 Å². The number of carbonyl (C=O) groups excluding carboxylic acids is 1. The average molecular weight is 262 g/mol. The van der Waals surface area contributed by atoms with Gasteiger partial charge in [-0.25, -0.2) is 0 Å². The Morgan fingerprint density at radius 1 is 1.42 bits per heavy atom. The minimum absolute atomic E-state index is 0.00697. The fraction of sp³-hybridized carbons (Fsp3) is 0.533. The molecule has 0 saturated heterocycles. The van der Waals surface area contributed by atoms with E-state index >= 15 is 0 Å². The van der Waals surface area contributed by atoms with Gasteiger partial charge in [-0.1, -0.05) is 12.1 Å². The molecule has 1 aromatic rings. The molecule has 2 unspecified atom stereocenters. The minimum Gasteiger partial charge on any atom is -0.508 e. The zero-order valence-electron chi connectivity index (χ0n) is 11.5. The normalized spacial score (nSPS) is 17.8. The van der Waals surface area contributed by atoms with Crippen molar-refractivity contribution < 1.29 is 9.90 Å². The summed E-state index contributed by atoms with van der Waals surface area (Å²) in [6, 6.07) is 6.58. The summed E-state index contributed by atoms with van der Waals surface area (Å²) < 4.78 is 0. The molecule has 1 aliphatic rings. The van der Waals surface area contributed by atoms with Crippen molar-refractivity contribution >= 4 is 5.91 Å². The molecule has 1 aliphatic carbocycles. The molecule has 4 heteroatoms. The monoisotopic (exact) mass is 262 g/mol. The largest absolute Gasteiger partial charge is 0.508 e. The first-order valence-electron chi connectivity index (χ1n) is 6.79. The number of phenols is 1. The molecule has 19 heavy (non-hydrogen) atoms. The number of amides is 1. The van der Waals surface area contributed by atoms with Crippen LogP contribution in [-0.4, -0.2) is 35.0 Å². The van der Waals surface area contributed by atoms with Gasteiger partial charge in [0.2, 0.25) is 5.91 Å². The molecule has 0 aromatic heterocycles. The van der Waals surface area contributed by atoms with E-state index in [9.17, 15) is 9.90 Å². The van der Waals surface area contributed by atoms with Gasteiger partial charge in [-0.2, -0.15) is 0 Å². The number of carbonyl (C=O) groups is 1. The lowest BCUT2D eigenvalue weighted by atomic mass is 10.0. The maximum atomic E-state index is 12.2. The first-order valence-corrected chi connectivity index (χ1v) is 6.79. The Hall–Kier alpha value is -1.55. The Morgan fingerprint density at radius 3 is 2.53 bits per heavy atom. The van der Waals surface area contributed by atoms with Gasteiger partial charge in [0.05, 0.1) is 6.04 Å². The zero-order chi connectivity index (χ0) is 14.0. The lowest BCUT2D eigenvalue weighted by Crippen LogP contribution is -2.47. The minimum atomic E-state index is -0.518. The van der Waals surface area contributed by atoms with Crippen molar-refractivity contribution in [1.29, 1.82) is 0 Å². The summed E-state index contributed by atoms with van der Waals surface area (Å²) in [5.41, 5.74) is 6.96. The number of hydrogen-bond acceptors (Lipinski definition) is 3. The number of phenolic OH excluding ortho intramolecular Hbond substituents is 1. The Bertz CT molecular complexity index is 440. The van der Waals surface area contributed by atoms with E-state index in [1.807, 2.05) is 7.05 Å². The van der Waals surface area contributed by atoms with Crippen molar-refractivity contribution in [3.63, 3.8) is 0 Å². The number of hydrogen-bond donors (Lipinski definition) is 2. The van der Waals surface area contributed by atoms with Gasteiger partial charge in [-0.15, -0.1) is 0 Å². The molecule has 104 valence electrons. The molecule has 2 rings (SSSR count). The molecule has 2 atom stereocenters. The van der Waals surface area contributed by atoms with Gasteiger partial charge in [0.15, 0.2) is 0 Å². The lowest BCUT2D eigenvalue weighted by molar-refractivity contribution is -0.133. The van der Waals surface area contributed by atoms with E-state index in [4.69, 9.17) is 5.73 Å². The van der Waals surface area contributed by atoms with Crippen LogP contribution < -0.4 is 5.73 Å². The maximum Gasteiger partial charge on any atom is 0.239 e. The molecular weight excluding hydrogens is 240 g/mol. The Kier molecular flexibility index (Phi) is 4.10. The van der Waals surface area contributed by atoms with Crippen LogP contribution in [0.1, 0.15) is 25.3 Å². The second-order valence-electron chi connectivity index (χ2n) is 5.50. The molecule has 1 amide bonds. The number of nitrogens with zero attached hydrogens (tertiary/aromatic N) is 1. The molecule has 4 nitrogen and oxygen atoms in total. The number of rotatable bonds is 5. The Morgan fingerprint density at radius 2 is 2.00 bits per heavy atom. The first-order chi connectivity index (χ1) is 8.99. The highest BCUT2D eigenvalue weighted by atomic mass is 16.3. The number of likely N-dealkylation sites (N-methyl/N-ethyl adjacent to an activating group) is 1. The lowest BCUT2D eigenvalue weighted by Gasteiger charge is -2.27. The fourth-order valence-corrected chi connectivity index (χ4v) is 2.33. The Balaban J connectivity index is 1.92. The van der Waals surface area contributed by atoms with Crippen LogP contribution in [0.5, 0.6) is 5.75 Å². The molecule has 3 N–H and O–H groups in total. The summed E-state index contributed by atoms with van der Waals surface area (Å²) in [5, 5.41) is 9.22. The predicted octanol–water partition coefficient (Wildman–Crippen LogP) is 1.52. The van der Waals surface area contributed by atoms with Crippen LogP contribution in [-0.2, 0) is 11.2 Å². The van der Waals surface area contributed by atoms with E-state index in [-0.39, 0.29) is 17.7 Å². The standard InChI is InChI=1S/C15H22N2O2/c1-10(12-5-6-12)17(2)15(19)14(16)9-11-3-7-13(18)8-4-11/h3-4,7-8,10,12,14,18H,5-6,9,16H2,1-2H3. The molecule has 1 aromatic carbocycles. The number of aromatic hydroxyl groups is 1. The van der Waals surface area contributed by atoms with E-state index in [1.165, 1.54) is 12.8 Å². The third kappa shape index (κ3) is 3.47. The van der Waals surface area contributed by atoms with Gasteiger partial charge in [-0.05, 0) is 49.8 Å². The predicted molar refractivity (Wildman–Crippen MR) is 74.7 cm³/mol. The highest BCUT2D eigenvalue weighted by molar-refractivity contribution is 5.82. The summed E-state index contributed by atoms with van der Waals surface area (Å²) >= 11 is 0. The summed E-state index contributed by atoms with van der Waals surface area (Å²) in [4.78, 5) is 14.0. The van der Waals surface area contributed by atoms with Gasteiger partial charge in [0, 0.05) is 13.1 Å². The van der Waals surface area contributed by atoms with Gasteiger partial charge in [-0.3, -0.25) is 4.79 Å². The maximum absolute atomic E-state index is 12.2. The van der Waals surface area contributed by atoms with E-state index in [0.29, 0.717) is 12.3 Å². The molecule has 1 fully saturated rings. The van der Waals surface area contributed by atoms with E-state index in [1.54, 1.807) is 29.2 Å². The van der Waals surface area contributed by atoms with Crippen molar-refractivity contribution in [1.82, 2.24) is 4.90 Å². The number of nitrogens with two attached hydrogens (primary N) is 1. The molecular formula is C15H22N2O2. The summed E-state index contributed by atoms with van der Waals surface area (Å²) in [6.45, 7) is 2.09. The van der Waals surface area contributed by atoms with Gasteiger partial charge in [0.25, 0.3) is 0 Å². The number of benzene rings is 1. The Labute approximate surface area is 114 Å². The molecule has 0 spiro atoms. The van der Waals surface area contributed by atoms with Crippen LogP contribution in [0.15, 0.2) is 24.3 Å². The third-order valence-electron chi connectivity index (χ3n) is 3.97. The van der Waals surface area contributed by atoms with Crippen LogP contribution in [0.4, 0.5) is 0 Å². The summed E-state index contributed by atoms with van der Waals surface area (Å²) in [5.74, 6) is 0.866. The van der Waals surface area contributed by atoms with Crippen LogP contribution in [0.3, 0.4) is 0 Å². The quantitative estimate of drug-likeness (QED) is 0.845. The van der Waals surface area contributed by atoms with Crippen LogP contribution in [0.2, 0.25) is 0 Å². The van der Waals surface area contributed by atoms with E-state index in [2.05, 4.69) is 6.92 Å². The second kappa shape index (κ2) is 5.61. The highest BCUT2D eigenvalue weighted by Crippen LogP contribution is 2.34. The summed E-state index contributed by atoms with van der Waals surface area (Å²) in [7, 11) is 1.84. The van der Waals surface area contributed by atoms with Crippen molar-refractivity contribution in [3.05, 3.63) is 29.8 Å². The van der Waals surface area contributed by atoms with Crippen LogP contribution in [0.25, 0.3) is 0 Å². The van der Waals surface area contributed by atoms with Gasteiger partial charge < -0.3 is 15.7 Å². The topological polar surface area (TPSA) is 66.6 Å². The van der Waals surface area contributed by atoms with Gasteiger partial charge in [0.1, 0.15) is 5.75 Å². The molecule has 0 radical (unpaired) electrons. The molecule has 1 saturated carbocycles. The van der Waals surface area contributed by atoms with Crippen molar-refractivity contribution in [2.24, 2.45) is 11.7 Å². The fourth-order valence-electron chi connectivity index (χ4n) is 2.33. The first kappa shape index (κ1) is 13.9. The van der Waals surface area contributed by atoms with Crippen molar-refractivity contribution in [2.45, 2.75) is 38.3 Å². The van der Waals surface area contributed by atoms with Crippen LogP contribution >= 0.6 is 0 Å². The van der Waals surface area contributed by atoms with Crippen molar-refractivity contribution in [3.8, 4) is 5.75 Å². The van der Waals surface area contributed by atoms with Crippen molar-refractivity contribution in [2.75, 3.05) is 7.05 Å². The average Bonchev–Trinajstić information content (AvgIpc) is 3.23. The zero-order valence-corrected chi connectivity index (χ0v) is 11.5. The van der Waals surface area contributed by atoms with Gasteiger partial charge >= 0.3 is 0 Å². The van der Waals surface area contributed by atoms with E-state index in [0.717, 1.165) is 5.56 Å². The molecule has 0 heterocycles. The molecule has 0 bridgehead atoms. The summed E-state index contributed by atoms with van der Waals surface area (Å²) in [6.07, 6.45) is 2.93. The third-order valence-corrected chi connectivity index (χ3v) is 3.97. The highest BCUT2D eigenvalue weighted by Gasteiger charge is 2.33. The second-order valence-corrected chi connectivity index (χ2v) is 5.50. The smallest absolute Gasteiger partial charge is 0.239 e. The molecule has 0 aliphatic heterocycles.